The van der Waals surface area contributed by atoms with Crippen molar-refractivity contribution in [1.82, 2.24) is 4.90 Å². The highest BCUT2D eigenvalue weighted by Crippen LogP contribution is 2.26. The number of carbonyl (C=O) groups excluding carboxylic acids is 1. The quantitative estimate of drug-likeness (QED) is 0.675. The van der Waals surface area contributed by atoms with E-state index in [4.69, 9.17) is 4.74 Å². The van der Waals surface area contributed by atoms with Gasteiger partial charge in [-0.3, -0.25) is 4.79 Å². The van der Waals surface area contributed by atoms with E-state index in [0.29, 0.717) is 0 Å². The van der Waals surface area contributed by atoms with E-state index in [-0.39, 0.29) is 11.4 Å². The number of hydrogen-bond acceptors (Lipinski definition) is 3. The molecule has 1 aliphatic rings. The SMILES string of the molecule is CCCC1CCN(CC(C)(C)C(=O)OC)C1. The van der Waals surface area contributed by atoms with Gasteiger partial charge in [-0.25, -0.2) is 0 Å². The highest BCUT2D eigenvalue weighted by atomic mass is 16.5. The lowest BCUT2D eigenvalue weighted by Crippen LogP contribution is -2.38. The molecule has 0 N–H and O–H groups in total. The summed E-state index contributed by atoms with van der Waals surface area (Å²) in [4.78, 5) is 14.0. The molecule has 0 radical (unpaired) electrons. The Balaban J connectivity index is 2.41. The number of likely N-dealkylation sites (tertiary alicyclic amines) is 1. The van der Waals surface area contributed by atoms with Gasteiger partial charge in [0, 0.05) is 13.1 Å². The van der Waals surface area contributed by atoms with Gasteiger partial charge in [-0.05, 0) is 39.2 Å². The van der Waals surface area contributed by atoms with Crippen LogP contribution >= 0.6 is 0 Å². The number of esters is 1. The molecule has 0 spiro atoms. The van der Waals surface area contributed by atoms with E-state index in [0.717, 1.165) is 25.6 Å². The fourth-order valence-corrected chi connectivity index (χ4v) is 2.60. The van der Waals surface area contributed by atoms with Crippen LogP contribution in [0.25, 0.3) is 0 Å². The molecule has 3 nitrogen and oxygen atoms in total. The average Bonchev–Trinajstić information content (AvgIpc) is 2.64. The zero-order valence-corrected chi connectivity index (χ0v) is 11.1. The van der Waals surface area contributed by atoms with E-state index >= 15 is 0 Å². The summed E-state index contributed by atoms with van der Waals surface area (Å²) in [6.07, 6.45) is 3.86. The first kappa shape index (κ1) is 13.5. The van der Waals surface area contributed by atoms with Crippen LogP contribution in [-0.4, -0.2) is 37.6 Å². The van der Waals surface area contributed by atoms with Crippen LogP contribution in [0.1, 0.15) is 40.0 Å². The Morgan fingerprint density at radius 2 is 2.19 bits per heavy atom. The summed E-state index contributed by atoms with van der Waals surface area (Å²) in [6.45, 7) is 9.26. The first-order chi connectivity index (χ1) is 7.49. The molecule has 1 rings (SSSR count). The normalized spacial score (nSPS) is 22.4. The summed E-state index contributed by atoms with van der Waals surface area (Å²) < 4.78 is 4.83. The zero-order valence-electron chi connectivity index (χ0n) is 11.1. The summed E-state index contributed by atoms with van der Waals surface area (Å²) in [5, 5.41) is 0. The van der Waals surface area contributed by atoms with Gasteiger partial charge < -0.3 is 9.64 Å². The third-order valence-corrected chi connectivity index (χ3v) is 3.42. The van der Waals surface area contributed by atoms with Crippen LogP contribution in [0.2, 0.25) is 0 Å². The van der Waals surface area contributed by atoms with Gasteiger partial charge in [-0.15, -0.1) is 0 Å². The highest BCUT2D eigenvalue weighted by molar-refractivity contribution is 5.76. The number of hydrogen-bond donors (Lipinski definition) is 0. The number of rotatable bonds is 5. The molecule has 0 saturated carbocycles. The zero-order chi connectivity index (χ0) is 12.2. The summed E-state index contributed by atoms with van der Waals surface area (Å²) in [6, 6.07) is 0. The lowest BCUT2D eigenvalue weighted by molar-refractivity contribution is -0.151. The monoisotopic (exact) mass is 227 g/mol. The Hall–Kier alpha value is -0.570. The molecule has 0 aliphatic carbocycles. The van der Waals surface area contributed by atoms with Gasteiger partial charge in [0.2, 0.25) is 0 Å². The van der Waals surface area contributed by atoms with Crippen molar-refractivity contribution in [2.75, 3.05) is 26.7 Å². The Bertz CT molecular complexity index is 238. The fraction of sp³-hybridized carbons (Fsp3) is 0.923. The van der Waals surface area contributed by atoms with Crippen molar-refractivity contribution in [2.24, 2.45) is 11.3 Å². The van der Waals surface area contributed by atoms with Crippen LogP contribution in [0.5, 0.6) is 0 Å². The molecule has 0 aromatic heterocycles. The molecular weight excluding hydrogens is 202 g/mol. The molecule has 0 amide bonds. The first-order valence-electron chi connectivity index (χ1n) is 6.30. The van der Waals surface area contributed by atoms with Crippen molar-refractivity contribution in [1.29, 1.82) is 0 Å². The molecule has 94 valence electrons. The van der Waals surface area contributed by atoms with E-state index in [1.165, 1.54) is 26.4 Å². The van der Waals surface area contributed by atoms with Crippen LogP contribution in [0.3, 0.4) is 0 Å². The molecular formula is C13H25NO2. The Morgan fingerprint density at radius 1 is 1.50 bits per heavy atom. The van der Waals surface area contributed by atoms with Gasteiger partial charge in [0.1, 0.15) is 0 Å². The molecule has 1 aliphatic heterocycles. The fourth-order valence-electron chi connectivity index (χ4n) is 2.60. The Morgan fingerprint density at radius 3 is 2.75 bits per heavy atom. The number of carbonyl (C=O) groups is 1. The standard InChI is InChI=1S/C13H25NO2/c1-5-6-11-7-8-14(9-11)10-13(2,3)12(15)16-4/h11H,5-10H2,1-4H3. The highest BCUT2D eigenvalue weighted by Gasteiger charge is 2.33. The van der Waals surface area contributed by atoms with Gasteiger partial charge >= 0.3 is 5.97 Å². The molecule has 0 aromatic carbocycles. The number of methoxy groups -OCH3 is 1. The maximum absolute atomic E-state index is 11.6. The summed E-state index contributed by atoms with van der Waals surface area (Å²) in [5.74, 6) is 0.727. The smallest absolute Gasteiger partial charge is 0.312 e. The van der Waals surface area contributed by atoms with Crippen LogP contribution in [-0.2, 0) is 9.53 Å². The van der Waals surface area contributed by atoms with Crippen LogP contribution in [0.15, 0.2) is 0 Å². The minimum absolute atomic E-state index is 0.105. The average molecular weight is 227 g/mol. The van der Waals surface area contributed by atoms with Crippen molar-refractivity contribution in [2.45, 2.75) is 40.0 Å². The van der Waals surface area contributed by atoms with Gasteiger partial charge in [0.15, 0.2) is 0 Å². The largest absolute Gasteiger partial charge is 0.469 e. The topological polar surface area (TPSA) is 29.5 Å². The summed E-state index contributed by atoms with van der Waals surface area (Å²) >= 11 is 0. The van der Waals surface area contributed by atoms with Gasteiger partial charge in [-0.1, -0.05) is 13.3 Å². The van der Waals surface area contributed by atoms with Gasteiger partial charge in [0.25, 0.3) is 0 Å². The van der Waals surface area contributed by atoms with Crippen LogP contribution in [0.4, 0.5) is 0 Å². The van der Waals surface area contributed by atoms with E-state index in [9.17, 15) is 4.79 Å². The molecule has 1 atom stereocenters. The van der Waals surface area contributed by atoms with E-state index in [1.807, 2.05) is 13.8 Å². The molecule has 0 bridgehead atoms. The number of nitrogens with zero attached hydrogens (tertiary/aromatic N) is 1. The lowest BCUT2D eigenvalue weighted by Gasteiger charge is -2.27. The van der Waals surface area contributed by atoms with Crippen LogP contribution in [0, 0.1) is 11.3 Å². The predicted octanol–water partition coefficient (Wildman–Crippen LogP) is 2.31. The van der Waals surface area contributed by atoms with Crippen molar-refractivity contribution >= 4 is 5.97 Å². The van der Waals surface area contributed by atoms with Crippen molar-refractivity contribution in [3.05, 3.63) is 0 Å². The summed E-state index contributed by atoms with van der Waals surface area (Å²) in [7, 11) is 1.47. The third kappa shape index (κ3) is 3.48. The summed E-state index contributed by atoms with van der Waals surface area (Å²) in [5.41, 5.74) is -0.379. The van der Waals surface area contributed by atoms with Crippen LogP contribution < -0.4 is 0 Å². The van der Waals surface area contributed by atoms with Crippen molar-refractivity contribution in [3.8, 4) is 0 Å². The molecule has 1 saturated heterocycles. The molecule has 1 heterocycles. The number of ether oxygens (including phenoxy) is 1. The second-order valence-electron chi connectivity index (χ2n) is 5.55. The van der Waals surface area contributed by atoms with E-state index in [1.54, 1.807) is 0 Å². The maximum Gasteiger partial charge on any atom is 0.312 e. The van der Waals surface area contributed by atoms with Crippen molar-refractivity contribution in [3.63, 3.8) is 0 Å². The predicted molar refractivity (Wildman–Crippen MR) is 65.3 cm³/mol. The Kier molecular flexibility index (Phi) is 4.78. The molecule has 1 fully saturated rings. The van der Waals surface area contributed by atoms with E-state index < -0.39 is 0 Å². The Labute approximate surface area is 99.1 Å². The maximum atomic E-state index is 11.6. The first-order valence-corrected chi connectivity index (χ1v) is 6.30. The third-order valence-electron chi connectivity index (χ3n) is 3.42. The minimum Gasteiger partial charge on any atom is -0.469 e. The molecule has 1 unspecified atom stereocenters. The minimum atomic E-state index is -0.379. The van der Waals surface area contributed by atoms with E-state index in [2.05, 4.69) is 11.8 Å². The molecule has 0 aromatic rings. The molecule has 3 heteroatoms. The van der Waals surface area contributed by atoms with Gasteiger partial charge in [-0.2, -0.15) is 0 Å². The van der Waals surface area contributed by atoms with Crippen molar-refractivity contribution < 1.29 is 9.53 Å². The second kappa shape index (κ2) is 5.67. The molecule has 16 heavy (non-hydrogen) atoms. The lowest BCUT2D eigenvalue weighted by atomic mass is 9.93. The second-order valence-corrected chi connectivity index (χ2v) is 5.55. The van der Waals surface area contributed by atoms with Gasteiger partial charge in [0.05, 0.1) is 12.5 Å².